The van der Waals surface area contributed by atoms with Crippen molar-refractivity contribution in [3.63, 3.8) is 0 Å². The second-order valence-corrected chi connectivity index (χ2v) is 14.8. The average molecular weight is 719 g/mol. The summed E-state index contributed by atoms with van der Waals surface area (Å²) in [7, 11) is 0. The smallest absolute Gasteiger partial charge is 0.201 e. The number of benzene rings is 8. The van der Waals surface area contributed by atoms with Gasteiger partial charge in [0.2, 0.25) is 6.29 Å². The molecule has 0 spiro atoms. The van der Waals surface area contributed by atoms with Gasteiger partial charge in [0.15, 0.2) is 0 Å². The third kappa shape index (κ3) is 5.10. The molecule has 4 nitrogen and oxygen atoms in total. The van der Waals surface area contributed by atoms with E-state index in [1.807, 2.05) is 6.08 Å². The number of rotatable bonds is 7. The van der Waals surface area contributed by atoms with E-state index in [1.54, 1.807) is 0 Å². The second-order valence-electron chi connectivity index (χ2n) is 14.8. The second kappa shape index (κ2) is 13.0. The van der Waals surface area contributed by atoms with Crippen LogP contribution in [0.5, 0.6) is 0 Å². The Kier molecular flexibility index (Phi) is 7.49. The van der Waals surface area contributed by atoms with Gasteiger partial charge in [0.05, 0.1) is 27.4 Å². The summed E-state index contributed by atoms with van der Waals surface area (Å²) < 4.78 is 4.72. The molecule has 8 aromatic carbocycles. The van der Waals surface area contributed by atoms with E-state index in [2.05, 4.69) is 197 Å². The van der Waals surface area contributed by atoms with Crippen LogP contribution in [0.2, 0.25) is 0 Å². The van der Waals surface area contributed by atoms with E-state index in [9.17, 15) is 0 Å². The zero-order valence-corrected chi connectivity index (χ0v) is 30.9. The highest BCUT2D eigenvalue weighted by atomic mass is 15.3. The molecule has 1 atom stereocenters. The predicted octanol–water partition coefficient (Wildman–Crippen LogP) is 12.1. The standard InChI is InChI=1S/C52H38N4/c1-2-3-4-13-28-55-47-20-11-9-18-42(47)51-45-30-37(36-23-22-34-14-5-6-15-35(34)29-36)24-26-40(45)43(32-50(51)55)38-25-27-49-44(31-38)41-17-8-12-21-48(41)56(49)52-53-33-39-16-7-10-19-46(39)54-52/h2,5-33,52-53H,1,3-4H2/b28-13+. The van der Waals surface area contributed by atoms with Crippen LogP contribution in [0.4, 0.5) is 0 Å². The molecule has 1 aliphatic heterocycles. The van der Waals surface area contributed by atoms with Crippen LogP contribution >= 0.6 is 0 Å². The molecule has 0 saturated carbocycles. The molecule has 2 aromatic heterocycles. The number of nitrogens with one attached hydrogen (secondary N) is 1. The van der Waals surface area contributed by atoms with Gasteiger partial charge in [0.1, 0.15) is 0 Å². The van der Waals surface area contributed by atoms with Crippen LogP contribution in [0.15, 0.2) is 181 Å². The molecule has 4 heteroatoms. The fraction of sp³-hybridized carbons (Fsp3) is 0.0577. The molecule has 1 N–H and O–H groups in total. The maximum Gasteiger partial charge on any atom is 0.201 e. The monoisotopic (exact) mass is 718 g/mol. The quantitative estimate of drug-likeness (QED) is 0.129. The van der Waals surface area contributed by atoms with Gasteiger partial charge in [0, 0.05) is 39.2 Å². The predicted molar refractivity (Wildman–Crippen MR) is 237 cm³/mol. The van der Waals surface area contributed by atoms with Gasteiger partial charge in [-0.1, -0.05) is 121 Å². The summed E-state index contributed by atoms with van der Waals surface area (Å²) in [5.74, 6) is 0. The number of para-hydroxylation sites is 3. The number of nitrogens with zero attached hydrogens (tertiary/aromatic N) is 3. The molecule has 266 valence electrons. The lowest BCUT2D eigenvalue weighted by Crippen LogP contribution is -2.36. The molecular formula is C52H38N4. The molecule has 1 unspecified atom stereocenters. The highest BCUT2D eigenvalue weighted by Crippen LogP contribution is 2.43. The molecule has 0 radical (unpaired) electrons. The highest BCUT2D eigenvalue weighted by molar-refractivity contribution is 6.25. The van der Waals surface area contributed by atoms with Crippen molar-refractivity contribution in [2.75, 3.05) is 0 Å². The fourth-order valence-corrected chi connectivity index (χ4v) is 8.88. The van der Waals surface area contributed by atoms with E-state index >= 15 is 0 Å². The van der Waals surface area contributed by atoms with Gasteiger partial charge >= 0.3 is 0 Å². The van der Waals surface area contributed by atoms with Gasteiger partial charge in [-0.2, -0.15) is 0 Å². The molecule has 0 saturated heterocycles. The third-order valence-corrected chi connectivity index (χ3v) is 11.5. The Hall–Kier alpha value is -7.17. The van der Waals surface area contributed by atoms with Gasteiger partial charge in [0.25, 0.3) is 0 Å². The largest absolute Gasteiger partial charge is 0.352 e. The van der Waals surface area contributed by atoms with E-state index in [1.165, 1.54) is 76.4 Å². The molecule has 11 rings (SSSR count). The maximum atomic E-state index is 5.17. The molecule has 0 amide bonds. The topological polar surface area (TPSA) is 34.2 Å². The minimum atomic E-state index is -0.257. The van der Waals surface area contributed by atoms with Crippen molar-refractivity contribution in [1.29, 1.82) is 0 Å². The van der Waals surface area contributed by atoms with Crippen LogP contribution in [0, 0.1) is 0 Å². The van der Waals surface area contributed by atoms with Crippen molar-refractivity contribution in [3.8, 4) is 22.3 Å². The van der Waals surface area contributed by atoms with E-state index in [0.29, 0.717) is 0 Å². The summed E-state index contributed by atoms with van der Waals surface area (Å²) in [4.78, 5) is 5.17. The first-order chi connectivity index (χ1) is 27.7. The van der Waals surface area contributed by atoms with Gasteiger partial charge in [-0.15, -0.1) is 6.58 Å². The average Bonchev–Trinajstić information content (AvgIpc) is 3.76. The fourth-order valence-electron chi connectivity index (χ4n) is 8.88. The first kappa shape index (κ1) is 32.3. The Bertz CT molecular complexity index is 3380. The highest BCUT2D eigenvalue weighted by Gasteiger charge is 2.21. The van der Waals surface area contributed by atoms with Crippen molar-refractivity contribution < 1.29 is 0 Å². The SMILES string of the molecule is C=CCC/C=C/n1c2ccccc2c2c3cc(-c4ccc5ccccc5c4)ccc3c(-c3ccc4c(c3)c3ccccc3n4C3N=c4ccccc4=CN3)cc21. The molecular weight excluding hydrogens is 681 g/mol. The lowest BCUT2D eigenvalue weighted by molar-refractivity contribution is 0.497. The number of fused-ring (bicyclic) bond motifs is 10. The zero-order valence-electron chi connectivity index (χ0n) is 30.9. The number of hydrogen-bond acceptors (Lipinski definition) is 2. The molecule has 0 bridgehead atoms. The van der Waals surface area contributed by atoms with Crippen LogP contribution < -0.4 is 15.9 Å². The van der Waals surface area contributed by atoms with Crippen LogP contribution in [0.1, 0.15) is 19.1 Å². The Balaban J connectivity index is 1.17. The summed E-state index contributed by atoms with van der Waals surface area (Å²) >= 11 is 0. The van der Waals surface area contributed by atoms with Crippen LogP contribution in [-0.4, -0.2) is 9.13 Å². The van der Waals surface area contributed by atoms with Crippen LogP contribution in [-0.2, 0) is 0 Å². The van der Waals surface area contributed by atoms with Crippen molar-refractivity contribution in [2.24, 2.45) is 4.99 Å². The summed E-state index contributed by atoms with van der Waals surface area (Å²) in [6.07, 6.45) is 10.2. The molecule has 0 fully saturated rings. The first-order valence-corrected chi connectivity index (χ1v) is 19.4. The van der Waals surface area contributed by atoms with Crippen molar-refractivity contribution in [1.82, 2.24) is 14.5 Å². The van der Waals surface area contributed by atoms with Crippen molar-refractivity contribution in [3.05, 3.63) is 187 Å². The molecule has 3 heterocycles. The van der Waals surface area contributed by atoms with Crippen LogP contribution in [0.25, 0.3) is 99.8 Å². The minimum Gasteiger partial charge on any atom is -0.352 e. The summed E-state index contributed by atoms with van der Waals surface area (Å²) in [5.41, 5.74) is 9.51. The Morgan fingerprint density at radius 3 is 2.18 bits per heavy atom. The molecule has 0 aliphatic carbocycles. The zero-order chi connectivity index (χ0) is 37.2. The maximum absolute atomic E-state index is 5.17. The van der Waals surface area contributed by atoms with Crippen molar-refractivity contribution in [2.45, 2.75) is 19.1 Å². The Morgan fingerprint density at radius 1 is 0.554 bits per heavy atom. The van der Waals surface area contributed by atoms with Crippen LogP contribution in [0.3, 0.4) is 0 Å². The van der Waals surface area contributed by atoms with E-state index in [4.69, 9.17) is 4.99 Å². The molecule has 56 heavy (non-hydrogen) atoms. The van der Waals surface area contributed by atoms with Gasteiger partial charge in [-0.25, -0.2) is 4.99 Å². The lowest BCUT2D eigenvalue weighted by atomic mass is 9.91. The number of aromatic nitrogens is 2. The number of unbranched alkanes of at least 4 members (excludes halogenated alkanes) is 1. The normalized spacial score (nSPS) is 14.1. The van der Waals surface area contributed by atoms with Gasteiger partial charge in [-0.3, -0.25) is 0 Å². The van der Waals surface area contributed by atoms with Crippen molar-refractivity contribution >= 4 is 77.6 Å². The molecule has 10 aromatic rings. The summed E-state index contributed by atoms with van der Waals surface area (Å²) in [6.45, 7) is 3.95. The lowest BCUT2D eigenvalue weighted by Gasteiger charge is -2.20. The summed E-state index contributed by atoms with van der Waals surface area (Å²) in [6, 6.07) is 57.7. The van der Waals surface area contributed by atoms with E-state index in [-0.39, 0.29) is 6.29 Å². The Labute approximate surface area is 324 Å². The number of allylic oxidation sites excluding steroid dienone is 2. The third-order valence-electron chi connectivity index (χ3n) is 11.5. The summed E-state index contributed by atoms with van der Waals surface area (Å²) in [5, 5.41) is 15.6. The van der Waals surface area contributed by atoms with E-state index in [0.717, 1.165) is 34.5 Å². The van der Waals surface area contributed by atoms with Gasteiger partial charge < -0.3 is 14.5 Å². The minimum absolute atomic E-state index is 0.257. The number of hydrogen-bond donors (Lipinski definition) is 1. The van der Waals surface area contributed by atoms with E-state index < -0.39 is 0 Å². The first-order valence-electron chi connectivity index (χ1n) is 19.4. The van der Waals surface area contributed by atoms with Gasteiger partial charge in [-0.05, 0) is 105 Å². The molecule has 1 aliphatic rings. The Morgan fingerprint density at radius 2 is 1.27 bits per heavy atom.